The standard InChI is InChI=1S/C19H26O3/c1-18-8-7-14-12(13(18)5-6-17(18)22)4-3-11-9-15(20)16(21)10-19(11,14)2/h9,12-14,16,21H,3-8,10H2,1-2H3/t12?,13?,14?,16-,18?,19?/m1/s1. The lowest BCUT2D eigenvalue weighted by Gasteiger charge is -2.57. The molecule has 120 valence electrons. The molecule has 1 N–H and O–H groups in total. The monoisotopic (exact) mass is 302 g/mol. The average Bonchev–Trinajstić information content (AvgIpc) is 2.77. The van der Waals surface area contributed by atoms with Crippen LogP contribution in [0.15, 0.2) is 11.6 Å². The molecule has 6 atom stereocenters. The van der Waals surface area contributed by atoms with E-state index >= 15 is 0 Å². The number of hydrogen-bond donors (Lipinski definition) is 1. The second kappa shape index (κ2) is 4.53. The Balaban J connectivity index is 1.71. The molecule has 3 heteroatoms. The van der Waals surface area contributed by atoms with Gasteiger partial charge in [-0.15, -0.1) is 0 Å². The number of carbonyl (C=O) groups is 2. The molecule has 3 nitrogen and oxygen atoms in total. The van der Waals surface area contributed by atoms with Crippen LogP contribution in [0, 0.1) is 28.6 Å². The molecule has 0 aromatic rings. The average molecular weight is 302 g/mol. The lowest BCUT2D eigenvalue weighted by molar-refractivity contribution is -0.134. The molecule has 0 bridgehead atoms. The summed E-state index contributed by atoms with van der Waals surface area (Å²) in [6.07, 6.45) is 7.43. The highest BCUT2D eigenvalue weighted by atomic mass is 16.3. The predicted molar refractivity (Wildman–Crippen MR) is 83.1 cm³/mol. The van der Waals surface area contributed by atoms with E-state index in [-0.39, 0.29) is 16.6 Å². The Hall–Kier alpha value is -0.960. The molecule has 4 aliphatic carbocycles. The van der Waals surface area contributed by atoms with Crippen LogP contribution in [0.5, 0.6) is 0 Å². The van der Waals surface area contributed by atoms with Crippen molar-refractivity contribution in [3.05, 3.63) is 11.6 Å². The van der Waals surface area contributed by atoms with E-state index in [9.17, 15) is 14.7 Å². The highest BCUT2D eigenvalue weighted by Gasteiger charge is 2.59. The molecule has 3 fully saturated rings. The van der Waals surface area contributed by atoms with Gasteiger partial charge in [-0.05, 0) is 67.8 Å². The predicted octanol–water partition coefficient (Wildman–Crippen LogP) is 3.06. The first kappa shape index (κ1) is 14.6. The molecule has 4 aliphatic rings. The fraction of sp³-hybridized carbons (Fsp3) is 0.789. The lowest BCUT2D eigenvalue weighted by Crippen LogP contribution is -2.52. The molecule has 3 saturated carbocycles. The molecule has 0 radical (unpaired) electrons. The number of hydrogen-bond acceptors (Lipinski definition) is 3. The summed E-state index contributed by atoms with van der Waals surface area (Å²) in [5.41, 5.74) is 1.13. The lowest BCUT2D eigenvalue weighted by atomic mass is 9.47. The quantitative estimate of drug-likeness (QED) is 0.748. The van der Waals surface area contributed by atoms with Gasteiger partial charge < -0.3 is 5.11 Å². The molecule has 0 aromatic heterocycles. The fourth-order valence-electron chi connectivity index (χ4n) is 6.39. The van der Waals surface area contributed by atoms with Crippen molar-refractivity contribution in [1.29, 1.82) is 0 Å². The Bertz CT molecular complexity index is 577. The molecule has 0 spiro atoms. The smallest absolute Gasteiger partial charge is 0.184 e. The Morgan fingerprint density at radius 3 is 2.55 bits per heavy atom. The molecule has 0 amide bonds. The number of fused-ring (bicyclic) bond motifs is 5. The minimum absolute atomic E-state index is 0.0385. The zero-order chi connectivity index (χ0) is 15.7. The number of aliphatic hydroxyl groups excluding tert-OH is 1. The molecule has 5 unspecified atom stereocenters. The van der Waals surface area contributed by atoms with Crippen molar-refractivity contribution in [3.63, 3.8) is 0 Å². The molecule has 0 aliphatic heterocycles. The van der Waals surface area contributed by atoms with Crippen molar-refractivity contribution >= 4 is 11.6 Å². The Morgan fingerprint density at radius 2 is 1.77 bits per heavy atom. The summed E-state index contributed by atoms with van der Waals surface area (Å²) >= 11 is 0. The maximum absolute atomic E-state index is 12.4. The highest BCUT2D eigenvalue weighted by Crippen LogP contribution is 2.64. The Kier molecular flexibility index (Phi) is 3.01. The van der Waals surface area contributed by atoms with E-state index in [2.05, 4.69) is 13.8 Å². The first-order valence-electron chi connectivity index (χ1n) is 8.82. The fourth-order valence-corrected chi connectivity index (χ4v) is 6.39. The van der Waals surface area contributed by atoms with Gasteiger partial charge in [-0.2, -0.15) is 0 Å². The van der Waals surface area contributed by atoms with Crippen LogP contribution in [-0.2, 0) is 9.59 Å². The maximum Gasteiger partial charge on any atom is 0.184 e. The van der Waals surface area contributed by atoms with Crippen molar-refractivity contribution in [2.24, 2.45) is 28.6 Å². The second-order valence-electron chi connectivity index (χ2n) is 8.54. The van der Waals surface area contributed by atoms with Gasteiger partial charge >= 0.3 is 0 Å². The number of allylic oxidation sites excluding steroid dienone is 1. The third-order valence-corrected chi connectivity index (χ3v) is 7.71. The molecular formula is C19H26O3. The van der Waals surface area contributed by atoms with Crippen molar-refractivity contribution in [2.45, 2.75) is 64.9 Å². The van der Waals surface area contributed by atoms with Gasteiger partial charge in [0.2, 0.25) is 0 Å². The SMILES string of the molecule is CC12CCC3C(CCC4=CC(=O)[C@H](O)CC43C)C1CCC2=O. The van der Waals surface area contributed by atoms with Gasteiger partial charge in [0.25, 0.3) is 0 Å². The minimum Gasteiger partial charge on any atom is -0.385 e. The number of rotatable bonds is 0. The summed E-state index contributed by atoms with van der Waals surface area (Å²) < 4.78 is 0. The summed E-state index contributed by atoms with van der Waals surface area (Å²) in [6, 6.07) is 0. The normalized spacial score (nSPS) is 51.0. The topological polar surface area (TPSA) is 54.4 Å². The Morgan fingerprint density at radius 1 is 1.05 bits per heavy atom. The van der Waals surface area contributed by atoms with E-state index in [1.807, 2.05) is 0 Å². The van der Waals surface area contributed by atoms with Gasteiger partial charge in [0.15, 0.2) is 5.78 Å². The van der Waals surface area contributed by atoms with E-state index in [4.69, 9.17) is 0 Å². The second-order valence-corrected chi connectivity index (χ2v) is 8.54. The van der Waals surface area contributed by atoms with Gasteiger partial charge in [0.05, 0.1) is 0 Å². The zero-order valence-electron chi connectivity index (χ0n) is 13.6. The summed E-state index contributed by atoms with van der Waals surface area (Å²) in [5, 5.41) is 10.1. The van der Waals surface area contributed by atoms with Crippen molar-refractivity contribution < 1.29 is 14.7 Å². The van der Waals surface area contributed by atoms with Crippen LogP contribution < -0.4 is 0 Å². The van der Waals surface area contributed by atoms with Crippen LogP contribution in [0.3, 0.4) is 0 Å². The minimum atomic E-state index is -0.828. The maximum atomic E-state index is 12.4. The third kappa shape index (κ3) is 1.72. The van der Waals surface area contributed by atoms with Crippen LogP contribution in [0.1, 0.15) is 58.8 Å². The van der Waals surface area contributed by atoms with Crippen LogP contribution in [0.4, 0.5) is 0 Å². The van der Waals surface area contributed by atoms with E-state index < -0.39 is 6.10 Å². The number of aliphatic hydroxyl groups is 1. The summed E-state index contributed by atoms with van der Waals surface area (Å²) in [4.78, 5) is 24.2. The van der Waals surface area contributed by atoms with Crippen LogP contribution in [0.2, 0.25) is 0 Å². The first-order chi connectivity index (χ1) is 10.4. The van der Waals surface area contributed by atoms with E-state index in [0.717, 1.165) is 38.5 Å². The zero-order valence-corrected chi connectivity index (χ0v) is 13.6. The molecule has 22 heavy (non-hydrogen) atoms. The number of ketones is 2. The van der Waals surface area contributed by atoms with Crippen LogP contribution in [0.25, 0.3) is 0 Å². The highest BCUT2D eigenvalue weighted by molar-refractivity contribution is 5.95. The summed E-state index contributed by atoms with van der Waals surface area (Å²) in [5.74, 6) is 2.00. The van der Waals surface area contributed by atoms with Gasteiger partial charge in [0, 0.05) is 11.8 Å². The molecule has 0 saturated heterocycles. The molecule has 0 heterocycles. The third-order valence-electron chi connectivity index (χ3n) is 7.71. The van der Waals surface area contributed by atoms with E-state index in [1.54, 1.807) is 6.08 Å². The number of Topliss-reactive ketones (excluding diaryl/α,β-unsaturated/α-hetero) is 1. The van der Waals surface area contributed by atoms with Gasteiger partial charge in [-0.3, -0.25) is 9.59 Å². The Labute approximate surface area is 132 Å². The number of carbonyl (C=O) groups excluding carboxylic acids is 2. The molecule has 0 aromatic carbocycles. The first-order valence-corrected chi connectivity index (χ1v) is 8.82. The summed E-state index contributed by atoms with van der Waals surface area (Å²) in [7, 11) is 0. The van der Waals surface area contributed by atoms with E-state index in [0.29, 0.717) is 30.0 Å². The van der Waals surface area contributed by atoms with Crippen LogP contribution in [-0.4, -0.2) is 22.8 Å². The largest absolute Gasteiger partial charge is 0.385 e. The van der Waals surface area contributed by atoms with Crippen molar-refractivity contribution in [2.75, 3.05) is 0 Å². The van der Waals surface area contributed by atoms with Gasteiger partial charge in [0.1, 0.15) is 11.9 Å². The van der Waals surface area contributed by atoms with Gasteiger partial charge in [-0.1, -0.05) is 19.4 Å². The van der Waals surface area contributed by atoms with Crippen molar-refractivity contribution in [1.82, 2.24) is 0 Å². The van der Waals surface area contributed by atoms with E-state index in [1.165, 1.54) is 5.57 Å². The van der Waals surface area contributed by atoms with Crippen LogP contribution >= 0.6 is 0 Å². The van der Waals surface area contributed by atoms with Gasteiger partial charge in [-0.25, -0.2) is 0 Å². The molecular weight excluding hydrogens is 276 g/mol. The molecule has 4 rings (SSSR count). The van der Waals surface area contributed by atoms with Crippen molar-refractivity contribution in [3.8, 4) is 0 Å². The summed E-state index contributed by atoms with van der Waals surface area (Å²) in [6.45, 7) is 4.45.